The highest BCUT2D eigenvalue weighted by atomic mass is 16.5. The normalized spacial score (nSPS) is 23.9. The smallest absolute Gasteiger partial charge is 0.224 e. The number of methoxy groups -OCH3 is 1. The summed E-state index contributed by atoms with van der Waals surface area (Å²) in [4.78, 5) is 13.2. The third-order valence-corrected chi connectivity index (χ3v) is 7.05. The van der Waals surface area contributed by atoms with Crippen molar-refractivity contribution in [3.63, 3.8) is 0 Å². The van der Waals surface area contributed by atoms with Gasteiger partial charge in [0.1, 0.15) is 11.4 Å². The lowest BCUT2D eigenvalue weighted by Crippen LogP contribution is -2.55. The van der Waals surface area contributed by atoms with E-state index >= 15 is 0 Å². The van der Waals surface area contributed by atoms with Gasteiger partial charge in [0.2, 0.25) is 5.91 Å². The second-order valence-electron chi connectivity index (χ2n) is 8.90. The number of rotatable bonds is 7. The molecule has 170 valence electrons. The zero-order chi connectivity index (χ0) is 22.8. The van der Waals surface area contributed by atoms with Gasteiger partial charge in [0.05, 0.1) is 31.8 Å². The van der Waals surface area contributed by atoms with Crippen LogP contribution in [-0.2, 0) is 21.6 Å². The number of aliphatic hydroxyl groups is 1. The summed E-state index contributed by atoms with van der Waals surface area (Å²) in [5, 5.41) is 15.6. The van der Waals surface area contributed by atoms with Crippen LogP contribution in [0.25, 0.3) is 0 Å². The van der Waals surface area contributed by atoms with Gasteiger partial charge in [-0.25, -0.2) is 0 Å². The van der Waals surface area contributed by atoms with Crippen LogP contribution in [0.5, 0.6) is 5.75 Å². The van der Waals surface area contributed by atoms with E-state index in [-0.39, 0.29) is 36.5 Å². The fourth-order valence-corrected chi connectivity index (χ4v) is 5.59. The number of fused-ring (bicyclic) bond motifs is 2. The van der Waals surface area contributed by atoms with Crippen molar-refractivity contribution >= 4 is 5.91 Å². The van der Waals surface area contributed by atoms with Gasteiger partial charge >= 0.3 is 0 Å². The van der Waals surface area contributed by atoms with Crippen molar-refractivity contribution in [2.45, 2.75) is 43.1 Å². The van der Waals surface area contributed by atoms with E-state index < -0.39 is 5.60 Å². The number of carbonyl (C=O) groups is 1. The highest BCUT2D eigenvalue weighted by molar-refractivity contribution is 5.80. The van der Waals surface area contributed by atoms with Gasteiger partial charge < -0.3 is 19.9 Å². The third kappa shape index (κ3) is 3.92. The van der Waals surface area contributed by atoms with Crippen LogP contribution in [0.3, 0.4) is 0 Å². The van der Waals surface area contributed by atoms with Gasteiger partial charge in [0.15, 0.2) is 0 Å². The van der Waals surface area contributed by atoms with Crippen LogP contribution >= 0.6 is 0 Å². The van der Waals surface area contributed by atoms with Crippen LogP contribution in [0, 0.1) is 5.92 Å². The third-order valence-electron chi connectivity index (χ3n) is 7.05. The van der Waals surface area contributed by atoms with E-state index in [2.05, 4.69) is 5.32 Å². The molecule has 33 heavy (non-hydrogen) atoms. The van der Waals surface area contributed by atoms with Crippen molar-refractivity contribution in [3.8, 4) is 5.75 Å². The van der Waals surface area contributed by atoms with Crippen molar-refractivity contribution < 1.29 is 19.4 Å². The Labute approximate surface area is 194 Å². The number of amides is 1. The molecular formula is C28H29NO4. The average molecular weight is 444 g/mol. The second-order valence-corrected chi connectivity index (χ2v) is 8.90. The molecule has 2 fully saturated rings. The molecule has 5 heteroatoms. The second kappa shape index (κ2) is 9.00. The minimum Gasteiger partial charge on any atom is -0.496 e. The van der Waals surface area contributed by atoms with Crippen LogP contribution in [0.15, 0.2) is 84.9 Å². The van der Waals surface area contributed by atoms with E-state index in [1.165, 1.54) is 0 Å². The van der Waals surface area contributed by atoms with Gasteiger partial charge in [-0.05, 0) is 30.0 Å². The molecule has 2 aliphatic heterocycles. The number of nitrogens with one attached hydrogen (secondary N) is 1. The number of carbonyl (C=O) groups excluding carboxylic acids is 1. The van der Waals surface area contributed by atoms with E-state index in [9.17, 15) is 9.90 Å². The first-order chi connectivity index (χ1) is 16.1. The van der Waals surface area contributed by atoms with Crippen molar-refractivity contribution in [3.05, 3.63) is 102 Å². The molecule has 4 atom stereocenters. The Morgan fingerprint density at radius 1 is 0.939 bits per heavy atom. The zero-order valence-corrected chi connectivity index (χ0v) is 18.7. The van der Waals surface area contributed by atoms with E-state index in [4.69, 9.17) is 9.47 Å². The molecule has 3 aromatic rings. The Morgan fingerprint density at radius 3 is 2.15 bits per heavy atom. The lowest BCUT2D eigenvalue weighted by molar-refractivity contribution is -0.122. The van der Waals surface area contributed by atoms with E-state index in [0.717, 1.165) is 29.5 Å². The molecule has 0 aliphatic carbocycles. The van der Waals surface area contributed by atoms with Gasteiger partial charge in [0, 0.05) is 11.5 Å². The minimum atomic E-state index is -1.29. The van der Waals surface area contributed by atoms with Crippen molar-refractivity contribution in [2.24, 2.45) is 5.92 Å². The lowest BCUT2D eigenvalue weighted by atomic mass is 9.67. The number of ether oxygens (including phenoxy) is 2. The minimum absolute atomic E-state index is 0.103. The first-order valence-electron chi connectivity index (χ1n) is 11.5. The fourth-order valence-electron chi connectivity index (χ4n) is 5.59. The van der Waals surface area contributed by atoms with Crippen LogP contribution in [0.4, 0.5) is 0 Å². The first-order valence-corrected chi connectivity index (χ1v) is 11.5. The maximum atomic E-state index is 13.2. The molecular weight excluding hydrogens is 414 g/mol. The Bertz CT molecular complexity index is 1060. The van der Waals surface area contributed by atoms with Crippen molar-refractivity contribution in [1.82, 2.24) is 5.32 Å². The Balaban J connectivity index is 1.48. The Morgan fingerprint density at radius 2 is 1.52 bits per heavy atom. The molecule has 5 rings (SSSR count). The number of hydrogen-bond acceptors (Lipinski definition) is 4. The molecule has 0 saturated carbocycles. The standard InChI is InChI=1S/C28H29NO4/c1-32-22-15-9-8-10-19(22)18-25(30)29-27-24-17-16-23(33-24)26(27)28(31,20-11-4-2-5-12-20)21-13-6-3-7-14-21/h2-15,23-24,26-27,31H,16-18H2,1H3,(H,29,30)/t23-,24+,26-,27+/m0/s1. The van der Waals surface area contributed by atoms with Gasteiger partial charge in [-0.1, -0.05) is 78.9 Å². The van der Waals surface area contributed by atoms with Crippen LogP contribution in [-0.4, -0.2) is 36.4 Å². The summed E-state index contributed by atoms with van der Waals surface area (Å²) in [7, 11) is 1.61. The summed E-state index contributed by atoms with van der Waals surface area (Å²) >= 11 is 0. The summed E-state index contributed by atoms with van der Waals surface area (Å²) in [5.74, 6) is 0.287. The fraction of sp³-hybridized carbons (Fsp3) is 0.321. The van der Waals surface area contributed by atoms with Gasteiger partial charge in [-0.2, -0.15) is 0 Å². The Hall–Kier alpha value is -3.15. The SMILES string of the molecule is COc1ccccc1CC(=O)N[C@H]1[C@@H](C(O)(c2ccccc2)c2ccccc2)[C@@H]2CC[C@H]1O2. The molecule has 0 aromatic heterocycles. The van der Waals surface area contributed by atoms with Crippen LogP contribution < -0.4 is 10.1 Å². The maximum Gasteiger partial charge on any atom is 0.224 e. The van der Waals surface area contributed by atoms with Crippen LogP contribution in [0.2, 0.25) is 0 Å². The molecule has 5 nitrogen and oxygen atoms in total. The zero-order valence-electron chi connectivity index (χ0n) is 18.7. The topological polar surface area (TPSA) is 67.8 Å². The molecule has 3 aromatic carbocycles. The average Bonchev–Trinajstić information content (AvgIpc) is 3.47. The predicted octanol–water partition coefficient (Wildman–Crippen LogP) is 3.84. The summed E-state index contributed by atoms with van der Waals surface area (Å²) in [6, 6.07) is 26.7. The molecule has 2 heterocycles. The maximum absolute atomic E-state index is 13.2. The largest absolute Gasteiger partial charge is 0.496 e. The quantitative estimate of drug-likeness (QED) is 0.582. The molecule has 0 unspecified atom stereocenters. The highest BCUT2D eigenvalue weighted by Gasteiger charge is 2.58. The number of para-hydroxylation sites is 1. The van der Waals surface area contributed by atoms with E-state index in [0.29, 0.717) is 5.75 Å². The first kappa shape index (κ1) is 21.7. The predicted molar refractivity (Wildman–Crippen MR) is 126 cm³/mol. The van der Waals surface area contributed by atoms with Gasteiger partial charge in [-0.3, -0.25) is 4.79 Å². The molecule has 0 radical (unpaired) electrons. The number of benzene rings is 3. The van der Waals surface area contributed by atoms with Crippen LogP contribution in [0.1, 0.15) is 29.5 Å². The molecule has 2 aliphatic rings. The molecule has 2 bridgehead atoms. The number of hydrogen-bond donors (Lipinski definition) is 2. The monoisotopic (exact) mass is 443 g/mol. The van der Waals surface area contributed by atoms with E-state index in [1.54, 1.807) is 7.11 Å². The van der Waals surface area contributed by atoms with Gasteiger partial charge in [0.25, 0.3) is 0 Å². The molecule has 2 saturated heterocycles. The summed E-state index contributed by atoms with van der Waals surface area (Å²) < 4.78 is 11.7. The Kier molecular flexibility index (Phi) is 5.92. The molecule has 2 N–H and O–H groups in total. The van der Waals surface area contributed by atoms with Gasteiger partial charge in [-0.15, -0.1) is 0 Å². The highest BCUT2D eigenvalue weighted by Crippen LogP contribution is 2.50. The molecule has 1 amide bonds. The lowest BCUT2D eigenvalue weighted by Gasteiger charge is -2.42. The summed E-state index contributed by atoms with van der Waals surface area (Å²) in [5.41, 5.74) is 1.16. The molecule has 0 spiro atoms. The van der Waals surface area contributed by atoms with E-state index in [1.807, 2.05) is 84.9 Å². The summed E-state index contributed by atoms with van der Waals surface area (Å²) in [6.45, 7) is 0. The summed E-state index contributed by atoms with van der Waals surface area (Å²) in [6.07, 6.45) is 1.72. The van der Waals surface area contributed by atoms with Crippen molar-refractivity contribution in [1.29, 1.82) is 0 Å². The van der Waals surface area contributed by atoms with Crippen molar-refractivity contribution in [2.75, 3.05) is 7.11 Å².